The summed E-state index contributed by atoms with van der Waals surface area (Å²) >= 11 is 0. The Morgan fingerprint density at radius 3 is 2.27 bits per heavy atom. The maximum Gasteiger partial charge on any atom is 0.317 e. The number of hydrogen-bond donors (Lipinski definition) is 1. The Labute approximate surface area is 160 Å². The fourth-order valence-corrected chi connectivity index (χ4v) is 4.93. The molecule has 5 heteroatoms. The first-order valence-electron chi connectivity index (χ1n) is 11.2. The van der Waals surface area contributed by atoms with Crippen LogP contribution in [-0.4, -0.2) is 79.6 Å². The maximum absolute atomic E-state index is 12.4. The molecular formula is C21H40N4O. The molecule has 3 fully saturated rings. The van der Waals surface area contributed by atoms with Crippen molar-refractivity contribution in [1.29, 1.82) is 0 Å². The summed E-state index contributed by atoms with van der Waals surface area (Å²) in [6, 6.07) is 0.156. The van der Waals surface area contributed by atoms with Crippen LogP contribution in [0, 0.1) is 11.8 Å². The average Bonchev–Trinajstić information content (AvgIpc) is 2.91. The molecule has 0 saturated carbocycles. The van der Waals surface area contributed by atoms with Gasteiger partial charge in [-0.05, 0) is 70.0 Å². The highest BCUT2D eigenvalue weighted by Crippen LogP contribution is 2.20. The van der Waals surface area contributed by atoms with Crippen molar-refractivity contribution < 1.29 is 4.79 Å². The molecule has 3 rings (SSSR count). The third-order valence-corrected chi connectivity index (χ3v) is 6.56. The molecule has 2 amide bonds. The Balaban J connectivity index is 1.29. The normalized spacial score (nSPS) is 27.3. The molecular weight excluding hydrogens is 324 g/mol. The maximum atomic E-state index is 12.4. The number of nitrogens with one attached hydrogen (secondary N) is 1. The Hall–Kier alpha value is -0.810. The van der Waals surface area contributed by atoms with E-state index in [0.29, 0.717) is 0 Å². The summed E-state index contributed by atoms with van der Waals surface area (Å²) in [6.07, 6.45) is 10.6. The molecule has 0 spiro atoms. The third-order valence-electron chi connectivity index (χ3n) is 6.56. The van der Waals surface area contributed by atoms with E-state index < -0.39 is 0 Å². The van der Waals surface area contributed by atoms with Crippen LogP contribution in [0.4, 0.5) is 4.79 Å². The minimum Gasteiger partial charge on any atom is -0.337 e. The predicted molar refractivity (Wildman–Crippen MR) is 107 cm³/mol. The van der Waals surface area contributed by atoms with Gasteiger partial charge < -0.3 is 20.0 Å². The standard InChI is InChI=1S/C21H40N4O/c1-19-7-6-13-24(17-19)16-10-22-21(26)25-14-8-20(9-15-25)18-23-11-4-2-3-5-12-23/h19-20H,2-18H2,1H3,(H,22,26). The zero-order chi connectivity index (χ0) is 18.2. The van der Waals surface area contributed by atoms with Gasteiger partial charge in [0, 0.05) is 39.3 Å². The third kappa shape index (κ3) is 6.41. The highest BCUT2D eigenvalue weighted by atomic mass is 16.2. The molecule has 1 unspecified atom stereocenters. The van der Waals surface area contributed by atoms with Gasteiger partial charge in [0.1, 0.15) is 0 Å². The fraction of sp³-hybridized carbons (Fsp3) is 0.952. The summed E-state index contributed by atoms with van der Waals surface area (Å²) in [6.45, 7) is 12.2. The average molecular weight is 365 g/mol. The van der Waals surface area contributed by atoms with Gasteiger partial charge in [-0.15, -0.1) is 0 Å². The van der Waals surface area contributed by atoms with Crippen molar-refractivity contribution in [3.63, 3.8) is 0 Å². The van der Waals surface area contributed by atoms with E-state index in [2.05, 4.69) is 22.0 Å². The molecule has 0 aliphatic carbocycles. The van der Waals surface area contributed by atoms with Crippen molar-refractivity contribution in [2.45, 2.75) is 58.3 Å². The van der Waals surface area contributed by atoms with Gasteiger partial charge in [0.15, 0.2) is 0 Å². The number of nitrogens with zero attached hydrogens (tertiary/aromatic N) is 3. The number of likely N-dealkylation sites (tertiary alicyclic amines) is 3. The molecule has 26 heavy (non-hydrogen) atoms. The van der Waals surface area contributed by atoms with E-state index in [9.17, 15) is 4.79 Å². The van der Waals surface area contributed by atoms with Crippen LogP contribution in [0.3, 0.4) is 0 Å². The summed E-state index contributed by atoms with van der Waals surface area (Å²) in [5, 5.41) is 3.15. The van der Waals surface area contributed by atoms with Crippen molar-refractivity contribution >= 4 is 6.03 Å². The molecule has 1 N–H and O–H groups in total. The SMILES string of the molecule is CC1CCCN(CCNC(=O)N2CCC(CN3CCCCCC3)CC2)C1. The van der Waals surface area contributed by atoms with Crippen molar-refractivity contribution in [1.82, 2.24) is 20.0 Å². The number of carbonyl (C=O) groups excluding carboxylic acids is 1. The number of rotatable bonds is 5. The van der Waals surface area contributed by atoms with Crippen molar-refractivity contribution in [2.24, 2.45) is 11.8 Å². The number of piperidine rings is 2. The number of amides is 2. The van der Waals surface area contributed by atoms with Crippen LogP contribution in [0.5, 0.6) is 0 Å². The Morgan fingerprint density at radius 1 is 0.885 bits per heavy atom. The Kier molecular flexibility index (Phi) is 8.06. The summed E-state index contributed by atoms with van der Waals surface area (Å²) in [7, 11) is 0. The molecule has 3 aliphatic rings. The lowest BCUT2D eigenvalue weighted by atomic mass is 9.96. The van der Waals surface area contributed by atoms with Gasteiger partial charge in [0.2, 0.25) is 0 Å². The second kappa shape index (κ2) is 10.5. The zero-order valence-corrected chi connectivity index (χ0v) is 16.9. The van der Waals surface area contributed by atoms with Crippen LogP contribution in [0.1, 0.15) is 58.3 Å². The topological polar surface area (TPSA) is 38.8 Å². The molecule has 5 nitrogen and oxygen atoms in total. The molecule has 3 heterocycles. The molecule has 3 saturated heterocycles. The lowest BCUT2D eigenvalue weighted by Crippen LogP contribution is -2.48. The number of carbonyl (C=O) groups is 1. The lowest BCUT2D eigenvalue weighted by molar-refractivity contribution is 0.145. The quantitative estimate of drug-likeness (QED) is 0.815. The first kappa shape index (κ1) is 19.9. The van der Waals surface area contributed by atoms with Crippen LogP contribution in [0.25, 0.3) is 0 Å². The van der Waals surface area contributed by atoms with E-state index in [0.717, 1.165) is 38.0 Å². The van der Waals surface area contributed by atoms with Gasteiger partial charge in [0.05, 0.1) is 0 Å². The molecule has 1 atom stereocenters. The second-order valence-corrected chi connectivity index (χ2v) is 8.93. The van der Waals surface area contributed by atoms with Crippen LogP contribution in [0.15, 0.2) is 0 Å². The molecule has 0 aromatic heterocycles. The first-order valence-corrected chi connectivity index (χ1v) is 11.2. The molecule has 0 radical (unpaired) electrons. The van der Waals surface area contributed by atoms with E-state index in [1.54, 1.807) is 0 Å². The molecule has 0 aromatic carbocycles. The Morgan fingerprint density at radius 2 is 1.58 bits per heavy atom. The highest BCUT2D eigenvalue weighted by molar-refractivity contribution is 5.74. The fourth-order valence-electron chi connectivity index (χ4n) is 4.93. The minimum atomic E-state index is 0.156. The summed E-state index contributed by atoms with van der Waals surface area (Å²) in [5.41, 5.74) is 0. The molecule has 3 aliphatic heterocycles. The van der Waals surface area contributed by atoms with E-state index in [1.807, 2.05) is 4.90 Å². The minimum absolute atomic E-state index is 0.156. The van der Waals surface area contributed by atoms with Crippen LogP contribution < -0.4 is 5.32 Å². The molecule has 150 valence electrons. The van der Waals surface area contributed by atoms with E-state index in [1.165, 1.54) is 84.1 Å². The van der Waals surface area contributed by atoms with Gasteiger partial charge in [-0.1, -0.05) is 19.8 Å². The van der Waals surface area contributed by atoms with E-state index >= 15 is 0 Å². The summed E-state index contributed by atoms with van der Waals surface area (Å²) in [5.74, 6) is 1.59. The Bertz CT molecular complexity index is 414. The second-order valence-electron chi connectivity index (χ2n) is 8.93. The van der Waals surface area contributed by atoms with Gasteiger partial charge in [-0.3, -0.25) is 0 Å². The number of urea groups is 1. The zero-order valence-electron chi connectivity index (χ0n) is 16.9. The number of hydrogen-bond acceptors (Lipinski definition) is 3. The monoisotopic (exact) mass is 364 g/mol. The van der Waals surface area contributed by atoms with Crippen LogP contribution in [-0.2, 0) is 0 Å². The van der Waals surface area contributed by atoms with Crippen LogP contribution in [0.2, 0.25) is 0 Å². The molecule has 0 bridgehead atoms. The lowest BCUT2D eigenvalue weighted by Gasteiger charge is -2.35. The summed E-state index contributed by atoms with van der Waals surface area (Å²) in [4.78, 5) is 19.6. The van der Waals surface area contributed by atoms with Gasteiger partial charge in [0.25, 0.3) is 0 Å². The van der Waals surface area contributed by atoms with Crippen molar-refractivity contribution in [3.8, 4) is 0 Å². The summed E-state index contributed by atoms with van der Waals surface area (Å²) < 4.78 is 0. The van der Waals surface area contributed by atoms with Crippen molar-refractivity contribution in [3.05, 3.63) is 0 Å². The smallest absolute Gasteiger partial charge is 0.317 e. The van der Waals surface area contributed by atoms with Gasteiger partial charge >= 0.3 is 6.03 Å². The first-order chi connectivity index (χ1) is 12.7. The van der Waals surface area contributed by atoms with Gasteiger partial charge in [-0.2, -0.15) is 0 Å². The predicted octanol–water partition coefficient (Wildman–Crippen LogP) is 3.02. The van der Waals surface area contributed by atoms with Crippen molar-refractivity contribution in [2.75, 3.05) is 58.9 Å². The molecule has 0 aromatic rings. The van der Waals surface area contributed by atoms with E-state index in [4.69, 9.17) is 0 Å². The highest BCUT2D eigenvalue weighted by Gasteiger charge is 2.24. The van der Waals surface area contributed by atoms with E-state index in [-0.39, 0.29) is 6.03 Å². The van der Waals surface area contributed by atoms with Crippen LogP contribution >= 0.6 is 0 Å². The largest absolute Gasteiger partial charge is 0.337 e. The van der Waals surface area contributed by atoms with Gasteiger partial charge in [-0.25, -0.2) is 4.79 Å².